The van der Waals surface area contributed by atoms with Crippen LogP contribution in [0.2, 0.25) is 0 Å². The minimum absolute atomic E-state index is 0.106. The standard InChI is InChI=1S/C22H25N5O5/c28-22(17-5-4-6-19(15-17)26(29)30)25-13-11-23(12-14-25)18-7-8-20(27(31)32)21(16-18)24-9-2-1-3-10-24/h4-8,15-16H,1-3,9-14H2. The Labute approximate surface area is 185 Å². The number of piperidine rings is 1. The van der Waals surface area contributed by atoms with Crippen LogP contribution in [0.3, 0.4) is 0 Å². The van der Waals surface area contributed by atoms with E-state index in [1.165, 1.54) is 18.2 Å². The Hall–Kier alpha value is -3.69. The lowest BCUT2D eigenvalue weighted by atomic mass is 10.1. The first-order chi connectivity index (χ1) is 15.4. The zero-order valence-corrected chi connectivity index (χ0v) is 17.7. The quantitative estimate of drug-likeness (QED) is 0.518. The highest BCUT2D eigenvalue weighted by atomic mass is 16.6. The molecule has 2 aliphatic heterocycles. The van der Waals surface area contributed by atoms with Crippen LogP contribution < -0.4 is 9.80 Å². The highest BCUT2D eigenvalue weighted by Crippen LogP contribution is 2.34. The first kappa shape index (κ1) is 21.5. The van der Waals surface area contributed by atoms with E-state index in [1.807, 2.05) is 6.07 Å². The molecule has 2 aromatic rings. The maximum atomic E-state index is 12.8. The Bertz CT molecular complexity index is 1030. The van der Waals surface area contributed by atoms with Crippen molar-refractivity contribution in [3.63, 3.8) is 0 Å². The number of nitrogens with zero attached hydrogens (tertiary/aromatic N) is 5. The Morgan fingerprint density at radius 1 is 0.781 bits per heavy atom. The van der Waals surface area contributed by atoms with Gasteiger partial charge in [0.2, 0.25) is 0 Å². The minimum Gasteiger partial charge on any atom is -0.368 e. The smallest absolute Gasteiger partial charge is 0.292 e. The lowest BCUT2D eigenvalue weighted by Gasteiger charge is -2.37. The summed E-state index contributed by atoms with van der Waals surface area (Å²) in [5.74, 6) is -0.231. The number of carbonyl (C=O) groups is 1. The number of hydrogen-bond donors (Lipinski definition) is 0. The average molecular weight is 439 g/mol. The zero-order valence-electron chi connectivity index (χ0n) is 17.7. The third kappa shape index (κ3) is 4.48. The normalized spacial score (nSPS) is 16.7. The molecule has 2 aliphatic rings. The largest absolute Gasteiger partial charge is 0.368 e. The first-order valence-corrected chi connectivity index (χ1v) is 10.8. The van der Waals surface area contributed by atoms with Crippen molar-refractivity contribution in [2.45, 2.75) is 19.3 Å². The Kier molecular flexibility index (Phi) is 6.20. The number of anilines is 2. The number of amides is 1. The number of piperazine rings is 1. The molecule has 1 amide bonds. The van der Waals surface area contributed by atoms with Crippen LogP contribution in [0.15, 0.2) is 42.5 Å². The van der Waals surface area contributed by atoms with Gasteiger partial charge in [0.1, 0.15) is 5.69 Å². The van der Waals surface area contributed by atoms with E-state index in [9.17, 15) is 25.0 Å². The van der Waals surface area contributed by atoms with Gasteiger partial charge in [-0.3, -0.25) is 25.0 Å². The van der Waals surface area contributed by atoms with Crippen LogP contribution in [0.4, 0.5) is 22.7 Å². The monoisotopic (exact) mass is 439 g/mol. The minimum atomic E-state index is -0.511. The van der Waals surface area contributed by atoms with Gasteiger partial charge in [0, 0.05) is 68.7 Å². The van der Waals surface area contributed by atoms with E-state index >= 15 is 0 Å². The van der Waals surface area contributed by atoms with Gasteiger partial charge in [-0.1, -0.05) is 6.07 Å². The van der Waals surface area contributed by atoms with Crippen molar-refractivity contribution in [1.29, 1.82) is 0 Å². The number of benzene rings is 2. The topological polar surface area (TPSA) is 113 Å². The molecular formula is C22H25N5O5. The van der Waals surface area contributed by atoms with Crippen molar-refractivity contribution in [2.24, 2.45) is 0 Å². The van der Waals surface area contributed by atoms with Crippen LogP contribution >= 0.6 is 0 Å². The molecule has 32 heavy (non-hydrogen) atoms. The molecule has 0 spiro atoms. The van der Waals surface area contributed by atoms with Gasteiger partial charge in [0.15, 0.2) is 0 Å². The van der Waals surface area contributed by atoms with E-state index in [-0.39, 0.29) is 22.2 Å². The highest BCUT2D eigenvalue weighted by molar-refractivity contribution is 5.95. The van der Waals surface area contributed by atoms with Gasteiger partial charge >= 0.3 is 0 Å². The first-order valence-electron chi connectivity index (χ1n) is 10.8. The molecular weight excluding hydrogens is 414 g/mol. The summed E-state index contributed by atoms with van der Waals surface area (Å²) in [5.41, 5.74) is 1.87. The van der Waals surface area contributed by atoms with Gasteiger partial charge in [0.05, 0.1) is 9.85 Å². The maximum Gasteiger partial charge on any atom is 0.292 e. The molecule has 10 heteroatoms. The second-order valence-electron chi connectivity index (χ2n) is 8.06. The molecule has 0 atom stereocenters. The summed E-state index contributed by atoms with van der Waals surface area (Å²) >= 11 is 0. The van der Waals surface area contributed by atoms with Crippen molar-refractivity contribution >= 4 is 28.7 Å². The van der Waals surface area contributed by atoms with E-state index in [2.05, 4.69) is 9.80 Å². The summed E-state index contributed by atoms with van der Waals surface area (Å²) < 4.78 is 0. The molecule has 0 saturated carbocycles. The third-order valence-corrected chi connectivity index (χ3v) is 6.09. The molecule has 0 unspecified atom stereocenters. The summed E-state index contributed by atoms with van der Waals surface area (Å²) in [4.78, 5) is 40.4. The lowest BCUT2D eigenvalue weighted by Crippen LogP contribution is -2.48. The van der Waals surface area contributed by atoms with Crippen LogP contribution in [0, 0.1) is 20.2 Å². The molecule has 0 bridgehead atoms. The van der Waals surface area contributed by atoms with Crippen molar-refractivity contribution in [3.8, 4) is 0 Å². The summed E-state index contributed by atoms with van der Waals surface area (Å²) in [6.45, 7) is 3.73. The van der Waals surface area contributed by atoms with Crippen molar-refractivity contribution in [1.82, 2.24) is 4.90 Å². The summed E-state index contributed by atoms with van der Waals surface area (Å²) in [6.07, 6.45) is 3.20. The van der Waals surface area contributed by atoms with Crippen LogP contribution in [0.25, 0.3) is 0 Å². The van der Waals surface area contributed by atoms with Gasteiger partial charge < -0.3 is 14.7 Å². The lowest BCUT2D eigenvalue weighted by molar-refractivity contribution is -0.384. The van der Waals surface area contributed by atoms with E-state index in [0.717, 1.165) is 38.0 Å². The SMILES string of the molecule is O=C(c1cccc([N+](=O)[O-])c1)N1CCN(c2ccc([N+](=O)[O-])c(N3CCCCC3)c2)CC1. The van der Waals surface area contributed by atoms with E-state index < -0.39 is 4.92 Å². The van der Waals surface area contributed by atoms with Crippen LogP contribution in [-0.4, -0.2) is 59.9 Å². The van der Waals surface area contributed by atoms with Gasteiger partial charge in [-0.2, -0.15) is 0 Å². The summed E-state index contributed by atoms with van der Waals surface area (Å²) in [6, 6.07) is 11.0. The van der Waals surface area contributed by atoms with Crippen LogP contribution in [0.1, 0.15) is 29.6 Å². The highest BCUT2D eigenvalue weighted by Gasteiger charge is 2.26. The maximum absolute atomic E-state index is 12.8. The molecule has 10 nitrogen and oxygen atoms in total. The van der Waals surface area contributed by atoms with Gasteiger partial charge in [0.25, 0.3) is 17.3 Å². The molecule has 2 fully saturated rings. The Morgan fingerprint density at radius 3 is 2.16 bits per heavy atom. The predicted octanol–water partition coefficient (Wildman–Crippen LogP) is 3.46. The molecule has 2 heterocycles. The predicted molar refractivity (Wildman–Crippen MR) is 120 cm³/mol. The second-order valence-corrected chi connectivity index (χ2v) is 8.06. The Balaban J connectivity index is 1.47. The van der Waals surface area contributed by atoms with Crippen molar-refractivity contribution < 1.29 is 14.6 Å². The van der Waals surface area contributed by atoms with Gasteiger partial charge in [-0.25, -0.2) is 0 Å². The molecule has 168 valence electrons. The molecule has 0 aromatic heterocycles. The number of carbonyl (C=O) groups excluding carboxylic acids is 1. The van der Waals surface area contributed by atoms with Crippen molar-refractivity contribution in [3.05, 3.63) is 68.3 Å². The number of non-ortho nitro benzene ring substituents is 1. The van der Waals surface area contributed by atoms with Gasteiger partial charge in [-0.15, -0.1) is 0 Å². The number of hydrogen-bond acceptors (Lipinski definition) is 7. The summed E-state index contributed by atoms with van der Waals surface area (Å²) in [5, 5.41) is 22.5. The summed E-state index contributed by atoms with van der Waals surface area (Å²) in [7, 11) is 0. The number of nitro groups is 2. The van der Waals surface area contributed by atoms with E-state index in [1.54, 1.807) is 23.1 Å². The number of nitro benzene ring substituents is 2. The molecule has 4 rings (SSSR count). The number of rotatable bonds is 5. The van der Waals surface area contributed by atoms with Gasteiger partial charge in [-0.05, 0) is 37.5 Å². The molecule has 2 saturated heterocycles. The second kappa shape index (κ2) is 9.21. The third-order valence-electron chi connectivity index (χ3n) is 6.09. The molecule has 2 aromatic carbocycles. The zero-order chi connectivity index (χ0) is 22.7. The fourth-order valence-electron chi connectivity index (χ4n) is 4.35. The van der Waals surface area contributed by atoms with E-state index in [4.69, 9.17) is 0 Å². The average Bonchev–Trinajstić information content (AvgIpc) is 2.84. The van der Waals surface area contributed by atoms with Crippen LogP contribution in [0.5, 0.6) is 0 Å². The molecule has 0 radical (unpaired) electrons. The van der Waals surface area contributed by atoms with Crippen LogP contribution in [-0.2, 0) is 0 Å². The fourth-order valence-corrected chi connectivity index (χ4v) is 4.35. The molecule has 0 N–H and O–H groups in total. The fraction of sp³-hybridized carbons (Fsp3) is 0.409. The Morgan fingerprint density at radius 2 is 1.50 bits per heavy atom. The molecule has 0 aliphatic carbocycles. The van der Waals surface area contributed by atoms with E-state index in [0.29, 0.717) is 37.4 Å². The van der Waals surface area contributed by atoms with Crippen molar-refractivity contribution in [2.75, 3.05) is 49.1 Å².